The highest BCUT2D eigenvalue weighted by molar-refractivity contribution is 6.33. The largest absolute Gasteiger partial charge is 0.390 e. The van der Waals surface area contributed by atoms with Gasteiger partial charge in [-0.05, 0) is 42.0 Å². The van der Waals surface area contributed by atoms with Crippen LogP contribution in [-0.2, 0) is 6.61 Å². The molecule has 34 heavy (non-hydrogen) atoms. The number of pyridine rings is 1. The quantitative estimate of drug-likeness (QED) is 0.458. The smallest absolute Gasteiger partial charge is 0.248 e. The van der Waals surface area contributed by atoms with Crippen LogP contribution >= 0.6 is 23.2 Å². The van der Waals surface area contributed by atoms with E-state index in [2.05, 4.69) is 14.8 Å². The van der Waals surface area contributed by atoms with Gasteiger partial charge in [-0.2, -0.15) is 0 Å². The lowest BCUT2D eigenvalue weighted by Crippen LogP contribution is -2.49. The fraction of sp³-hybridized carbons (Fsp3) is 0.280. The van der Waals surface area contributed by atoms with Gasteiger partial charge in [-0.1, -0.05) is 41.4 Å². The van der Waals surface area contributed by atoms with Crippen molar-refractivity contribution in [3.8, 4) is 0 Å². The predicted molar refractivity (Wildman–Crippen MR) is 133 cm³/mol. The SMILES string of the molecule is NC(=O)c1ccc(N2CCN(C[C@@H](O)c3ccc(CO)nc3)C[C@H]2c2ccc(Cl)cc2)c(Cl)c1. The van der Waals surface area contributed by atoms with E-state index in [0.29, 0.717) is 53.0 Å². The number of amides is 1. The second kappa shape index (κ2) is 10.7. The van der Waals surface area contributed by atoms with Gasteiger partial charge < -0.3 is 20.8 Å². The molecule has 1 aliphatic heterocycles. The summed E-state index contributed by atoms with van der Waals surface area (Å²) in [5.41, 5.74) is 8.90. The van der Waals surface area contributed by atoms with E-state index in [-0.39, 0.29) is 12.6 Å². The minimum atomic E-state index is -0.712. The van der Waals surface area contributed by atoms with Crippen molar-refractivity contribution in [1.29, 1.82) is 0 Å². The van der Waals surface area contributed by atoms with Crippen molar-refractivity contribution in [1.82, 2.24) is 9.88 Å². The number of halogens is 2. The third kappa shape index (κ3) is 5.51. The molecule has 0 unspecified atom stereocenters. The van der Waals surface area contributed by atoms with Gasteiger partial charge in [0.1, 0.15) is 0 Å². The number of nitrogens with two attached hydrogens (primary N) is 1. The molecule has 0 saturated carbocycles. The van der Waals surface area contributed by atoms with Gasteiger partial charge >= 0.3 is 0 Å². The van der Waals surface area contributed by atoms with Gasteiger partial charge in [0.25, 0.3) is 0 Å². The number of nitrogens with zero attached hydrogens (tertiary/aromatic N) is 3. The van der Waals surface area contributed by atoms with Crippen LogP contribution in [0.3, 0.4) is 0 Å². The van der Waals surface area contributed by atoms with Crippen molar-refractivity contribution in [2.45, 2.75) is 18.8 Å². The zero-order valence-corrected chi connectivity index (χ0v) is 20.0. The average Bonchev–Trinajstić information content (AvgIpc) is 2.84. The topological polar surface area (TPSA) is 103 Å². The minimum Gasteiger partial charge on any atom is -0.390 e. The van der Waals surface area contributed by atoms with Crippen molar-refractivity contribution in [2.75, 3.05) is 31.1 Å². The second-order valence-electron chi connectivity index (χ2n) is 8.31. The molecule has 1 aliphatic rings. The maximum absolute atomic E-state index is 11.5. The monoisotopic (exact) mass is 500 g/mol. The Hall–Kier alpha value is -2.68. The van der Waals surface area contributed by atoms with Crippen LogP contribution in [0.2, 0.25) is 10.0 Å². The van der Waals surface area contributed by atoms with Crippen LogP contribution in [-0.4, -0.2) is 52.2 Å². The summed E-state index contributed by atoms with van der Waals surface area (Å²) < 4.78 is 0. The molecule has 1 fully saturated rings. The van der Waals surface area contributed by atoms with Crippen LogP contribution in [0.4, 0.5) is 5.69 Å². The van der Waals surface area contributed by atoms with Crippen LogP contribution in [0.5, 0.6) is 0 Å². The Balaban J connectivity index is 1.57. The summed E-state index contributed by atoms with van der Waals surface area (Å²) in [5, 5.41) is 21.1. The molecular formula is C25H26Cl2N4O3. The van der Waals surface area contributed by atoms with E-state index in [1.807, 2.05) is 30.3 Å². The number of anilines is 1. The van der Waals surface area contributed by atoms with Gasteiger partial charge in [0.2, 0.25) is 5.91 Å². The van der Waals surface area contributed by atoms with Crippen molar-refractivity contribution in [2.24, 2.45) is 5.73 Å². The first-order chi connectivity index (χ1) is 16.4. The molecule has 4 N–H and O–H groups in total. The lowest BCUT2D eigenvalue weighted by Gasteiger charge is -2.44. The fourth-order valence-corrected chi connectivity index (χ4v) is 4.65. The third-order valence-corrected chi connectivity index (χ3v) is 6.64. The van der Waals surface area contributed by atoms with Gasteiger partial charge in [0, 0.05) is 48.5 Å². The predicted octanol–water partition coefficient (Wildman–Crippen LogP) is 3.58. The first kappa shape index (κ1) is 24.4. The number of β-amino-alcohol motifs (C(OH)–C–C–N with tert-alkyl or cyclic N) is 1. The number of carbonyl (C=O) groups is 1. The summed E-state index contributed by atoms with van der Waals surface area (Å²) in [6.07, 6.45) is 0.888. The minimum absolute atomic E-state index is 0.0509. The Labute approximate surface area is 208 Å². The molecule has 9 heteroatoms. The van der Waals surface area contributed by atoms with E-state index in [4.69, 9.17) is 28.9 Å². The molecule has 2 aromatic carbocycles. The number of benzene rings is 2. The summed E-state index contributed by atoms with van der Waals surface area (Å²) in [7, 11) is 0. The Bertz CT molecular complexity index is 1140. The summed E-state index contributed by atoms with van der Waals surface area (Å²) >= 11 is 12.7. The van der Waals surface area contributed by atoms with Gasteiger partial charge in [-0.3, -0.25) is 14.7 Å². The average molecular weight is 501 g/mol. The molecule has 1 aromatic heterocycles. The third-order valence-electron chi connectivity index (χ3n) is 6.09. The van der Waals surface area contributed by atoms with Crippen molar-refractivity contribution >= 4 is 34.8 Å². The number of piperazine rings is 1. The summed E-state index contributed by atoms with van der Waals surface area (Å²) in [6.45, 7) is 2.32. The van der Waals surface area contributed by atoms with Crippen molar-refractivity contribution < 1.29 is 15.0 Å². The van der Waals surface area contributed by atoms with Crippen LogP contribution < -0.4 is 10.6 Å². The molecule has 7 nitrogen and oxygen atoms in total. The van der Waals surface area contributed by atoms with E-state index in [1.165, 1.54) is 0 Å². The van der Waals surface area contributed by atoms with Crippen LogP contribution in [0.1, 0.15) is 39.3 Å². The normalized spacial score (nSPS) is 17.5. The van der Waals surface area contributed by atoms with Gasteiger partial charge in [0.05, 0.1) is 35.2 Å². The lowest BCUT2D eigenvalue weighted by molar-refractivity contribution is 0.0999. The van der Waals surface area contributed by atoms with Crippen molar-refractivity contribution in [3.05, 3.63) is 93.2 Å². The van der Waals surface area contributed by atoms with Crippen LogP contribution in [0.15, 0.2) is 60.8 Å². The zero-order valence-electron chi connectivity index (χ0n) is 18.4. The number of primary amides is 1. The molecule has 3 aromatic rings. The number of hydrogen-bond donors (Lipinski definition) is 3. The number of carbonyl (C=O) groups excluding carboxylic acids is 1. The van der Waals surface area contributed by atoms with E-state index in [0.717, 1.165) is 11.3 Å². The van der Waals surface area contributed by atoms with E-state index >= 15 is 0 Å². The first-order valence-electron chi connectivity index (χ1n) is 10.9. The Morgan fingerprint density at radius 1 is 1.12 bits per heavy atom. The Kier molecular flexibility index (Phi) is 7.70. The van der Waals surface area contributed by atoms with Crippen molar-refractivity contribution in [3.63, 3.8) is 0 Å². The molecule has 1 saturated heterocycles. The molecule has 0 bridgehead atoms. The molecule has 178 valence electrons. The number of rotatable bonds is 7. The maximum Gasteiger partial charge on any atom is 0.248 e. The standard InChI is InChI=1S/C25H26Cl2N4O3/c26-19-5-1-16(2-6-19)23-13-30(14-24(33)18-3-7-20(15-32)29-12-18)9-10-31(23)22-8-4-17(25(28)34)11-21(22)27/h1-8,11-12,23-24,32-33H,9-10,13-15H2,(H2,28,34)/t23-,24+/m0/s1. The first-order valence-corrected chi connectivity index (χ1v) is 11.7. The number of aliphatic hydroxyl groups excluding tert-OH is 2. The van der Waals surface area contributed by atoms with Gasteiger partial charge in [-0.25, -0.2) is 0 Å². The molecule has 2 atom stereocenters. The molecule has 0 radical (unpaired) electrons. The molecule has 4 rings (SSSR count). The fourth-order valence-electron chi connectivity index (χ4n) is 4.23. The van der Waals surface area contributed by atoms with Crippen LogP contribution in [0.25, 0.3) is 0 Å². The Morgan fingerprint density at radius 3 is 2.50 bits per heavy atom. The Morgan fingerprint density at radius 2 is 1.88 bits per heavy atom. The lowest BCUT2D eigenvalue weighted by atomic mass is 10.00. The second-order valence-corrected chi connectivity index (χ2v) is 9.15. The van der Waals surface area contributed by atoms with E-state index < -0.39 is 12.0 Å². The molecule has 0 spiro atoms. The summed E-state index contributed by atoms with van der Waals surface area (Å²) in [5.74, 6) is -0.525. The highest BCUT2D eigenvalue weighted by Crippen LogP contribution is 2.36. The molecule has 2 heterocycles. The highest BCUT2D eigenvalue weighted by atomic mass is 35.5. The number of aliphatic hydroxyl groups is 2. The molecule has 1 amide bonds. The summed E-state index contributed by atoms with van der Waals surface area (Å²) in [4.78, 5) is 20.1. The molecule has 0 aliphatic carbocycles. The highest BCUT2D eigenvalue weighted by Gasteiger charge is 2.31. The van der Waals surface area contributed by atoms with Crippen LogP contribution in [0, 0.1) is 0 Å². The number of hydrogen-bond acceptors (Lipinski definition) is 6. The van der Waals surface area contributed by atoms with E-state index in [9.17, 15) is 15.0 Å². The molecular weight excluding hydrogens is 475 g/mol. The summed E-state index contributed by atoms with van der Waals surface area (Å²) in [6, 6.07) is 16.2. The number of aromatic nitrogens is 1. The van der Waals surface area contributed by atoms with E-state index in [1.54, 1.807) is 30.5 Å². The van der Waals surface area contributed by atoms with Gasteiger partial charge in [-0.15, -0.1) is 0 Å². The zero-order chi connectivity index (χ0) is 24.2. The van der Waals surface area contributed by atoms with Gasteiger partial charge in [0.15, 0.2) is 0 Å². The maximum atomic E-state index is 11.5.